The van der Waals surface area contributed by atoms with Gasteiger partial charge < -0.3 is 0 Å². The van der Waals surface area contributed by atoms with Crippen LogP contribution in [0, 0.1) is 10.1 Å². The highest BCUT2D eigenvalue weighted by molar-refractivity contribution is 8.27. The number of non-ortho nitro benzene ring substituents is 1. The highest BCUT2D eigenvalue weighted by Crippen LogP contribution is 2.37. The van der Waals surface area contributed by atoms with Crippen molar-refractivity contribution in [1.82, 2.24) is 0 Å². The molecule has 1 fully saturated rings. The van der Waals surface area contributed by atoms with Gasteiger partial charge in [-0.1, -0.05) is 53.8 Å². The maximum Gasteiger partial charge on any atom is 0.271 e. The van der Waals surface area contributed by atoms with Crippen molar-refractivity contribution in [2.75, 3.05) is 4.90 Å². The largest absolute Gasteiger partial charge is 0.271 e. The topological polar surface area (TPSA) is 63.5 Å². The minimum Gasteiger partial charge on any atom is -0.268 e. The van der Waals surface area contributed by atoms with Gasteiger partial charge in [0, 0.05) is 17.2 Å². The van der Waals surface area contributed by atoms with Crippen molar-refractivity contribution in [3.8, 4) is 0 Å². The van der Waals surface area contributed by atoms with E-state index in [4.69, 9.17) is 23.8 Å². The van der Waals surface area contributed by atoms with Crippen molar-refractivity contribution in [2.24, 2.45) is 0 Å². The lowest BCUT2D eigenvalue weighted by Gasteiger charge is -2.13. The third kappa shape index (κ3) is 3.33. The molecule has 0 bridgehead atoms. The van der Waals surface area contributed by atoms with E-state index in [1.165, 1.54) is 23.1 Å². The van der Waals surface area contributed by atoms with E-state index in [-0.39, 0.29) is 11.6 Å². The van der Waals surface area contributed by atoms with Gasteiger partial charge in [-0.15, -0.1) is 0 Å². The number of hydrogen-bond acceptors (Lipinski definition) is 5. The van der Waals surface area contributed by atoms with Gasteiger partial charge in [0.2, 0.25) is 0 Å². The fourth-order valence-corrected chi connectivity index (χ4v) is 3.57. The number of thiocarbonyl (C=S) groups is 1. The lowest BCUT2D eigenvalue weighted by molar-refractivity contribution is -0.384. The summed E-state index contributed by atoms with van der Waals surface area (Å²) in [6.07, 6.45) is 1.72. The number of thioether (sulfide) groups is 1. The van der Waals surface area contributed by atoms with E-state index in [0.29, 0.717) is 19.9 Å². The number of nitro benzene ring substituents is 1. The summed E-state index contributed by atoms with van der Waals surface area (Å²) in [5.41, 5.74) is 1.10. The first-order valence-electron chi connectivity index (χ1n) is 6.74. The molecular weight excluding hydrogens is 368 g/mol. The smallest absolute Gasteiger partial charge is 0.268 e. The van der Waals surface area contributed by atoms with Crippen molar-refractivity contribution in [2.45, 2.75) is 0 Å². The van der Waals surface area contributed by atoms with Crippen LogP contribution in [0.4, 0.5) is 11.4 Å². The minimum atomic E-state index is -0.509. The van der Waals surface area contributed by atoms with Crippen LogP contribution >= 0.6 is 35.6 Å². The fraction of sp³-hybridized carbons (Fsp3) is 0. The zero-order chi connectivity index (χ0) is 17.3. The lowest BCUT2D eigenvalue weighted by atomic mass is 10.2. The normalized spacial score (nSPS) is 16.0. The maximum absolute atomic E-state index is 12.6. The van der Waals surface area contributed by atoms with Gasteiger partial charge in [0.05, 0.1) is 15.5 Å². The van der Waals surface area contributed by atoms with Crippen LogP contribution in [0.5, 0.6) is 0 Å². The Morgan fingerprint density at radius 2 is 1.92 bits per heavy atom. The molecule has 0 N–H and O–H groups in total. The molecule has 2 aromatic rings. The summed E-state index contributed by atoms with van der Waals surface area (Å²) in [4.78, 5) is 24.8. The predicted octanol–water partition coefficient (Wildman–Crippen LogP) is 4.65. The number of anilines is 1. The molecule has 24 heavy (non-hydrogen) atoms. The Morgan fingerprint density at radius 3 is 2.58 bits per heavy atom. The first kappa shape index (κ1) is 16.6. The summed E-state index contributed by atoms with van der Waals surface area (Å²) in [6.45, 7) is 0. The molecule has 0 spiro atoms. The molecule has 1 heterocycles. The molecule has 1 saturated heterocycles. The van der Waals surface area contributed by atoms with Gasteiger partial charge in [0.25, 0.3) is 11.6 Å². The van der Waals surface area contributed by atoms with Crippen molar-refractivity contribution < 1.29 is 9.72 Å². The molecule has 1 amide bonds. The van der Waals surface area contributed by atoms with E-state index >= 15 is 0 Å². The molecule has 2 aromatic carbocycles. The van der Waals surface area contributed by atoms with Gasteiger partial charge in [0.15, 0.2) is 4.32 Å². The van der Waals surface area contributed by atoms with Crippen LogP contribution in [0.15, 0.2) is 53.4 Å². The van der Waals surface area contributed by atoms with Gasteiger partial charge >= 0.3 is 0 Å². The number of rotatable bonds is 3. The number of hydrogen-bond donors (Lipinski definition) is 0. The number of carbonyl (C=O) groups is 1. The number of nitrogens with zero attached hydrogens (tertiary/aromatic N) is 2. The second kappa shape index (κ2) is 6.72. The van der Waals surface area contributed by atoms with Crippen molar-refractivity contribution >= 4 is 63.3 Å². The van der Waals surface area contributed by atoms with Crippen molar-refractivity contribution in [1.29, 1.82) is 0 Å². The van der Waals surface area contributed by atoms with Crippen molar-refractivity contribution in [3.63, 3.8) is 0 Å². The van der Waals surface area contributed by atoms with Gasteiger partial charge in [-0.2, -0.15) is 0 Å². The van der Waals surface area contributed by atoms with E-state index in [2.05, 4.69) is 0 Å². The maximum atomic E-state index is 12.6. The minimum absolute atomic E-state index is 0.0942. The van der Waals surface area contributed by atoms with E-state index in [1.807, 2.05) is 0 Å². The Hall–Kier alpha value is -2.22. The highest BCUT2D eigenvalue weighted by atomic mass is 35.5. The molecular formula is C16H9ClN2O3S2. The molecule has 0 radical (unpaired) electrons. The Bertz CT molecular complexity index is 881. The molecule has 3 rings (SSSR count). The molecule has 5 nitrogen and oxygen atoms in total. The molecule has 0 unspecified atom stereocenters. The lowest BCUT2D eigenvalue weighted by Crippen LogP contribution is -2.27. The van der Waals surface area contributed by atoms with Gasteiger partial charge in [-0.3, -0.25) is 19.8 Å². The molecule has 1 aliphatic heterocycles. The number of carbonyl (C=O) groups excluding carboxylic acids is 1. The Labute approximate surface area is 152 Å². The molecule has 0 aromatic heterocycles. The number of amides is 1. The third-order valence-corrected chi connectivity index (χ3v) is 4.81. The zero-order valence-electron chi connectivity index (χ0n) is 12.0. The van der Waals surface area contributed by atoms with E-state index in [1.54, 1.807) is 36.4 Å². The average molecular weight is 377 g/mol. The molecule has 1 aliphatic rings. The SMILES string of the molecule is O=C1/C(=C/c2ccc(Cl)cc2)SC(=S)N1c1cccc([N+](=O)[O-])c1. The second-order valence-electron chi connectivity index (χ2n) is 4.85. The Kier molecular flexibility index (Phi) is 4.66. The van der Waals surface area contributed by atoms with Crippen LogP contribution in [0.2, 0.25) is 5.02 Å². The van der Waals surface area contributed by atoms with Crippen LogP contribution in [0.25, 0.3) is 6.08 Å². The fourth-order valence-electron chi connectivity index (χ4n) is 2.15. The zero-order valence-corrected chi connectivity index (χ0v) is 14.4. The summed E-state index contributed by atoms with van der Waals surface area (Å²) >= 11 is 12.3. The first-order chi connectivity index (χ1) is 11.5. The monoisotopic (exact) mass is 376 g/mol. The molecule has 0 saturated carbocycles. The molecule has 120 valence electrons. The molecule has 0 aliphatic carbocycles. The van der Waals surface area contributed by atoms with E-state index in [0.717, 1.165) is 17.3 Å². The van der Waals surface area contributed by atoms with Crippen LogP contribution in [-0.2, 0) is 4.79 Å². The Morgan fingerprint density at radius 1 is 1.21 bits per heavy atom. The third-order valence-electron chi connectivity index (χ3n) is 3.26. The average Bonchev–Trinajstić information content (AvgIpc) is 2.83. The summed E-state index contributed by atoms with van der Waals surface area (Å²) in [6, 6.07) is 12.9. The highest BCUT2D eigenvalue weighted by Gasteiger charge is 2.33. The summed E-state index contributed by atoms with van der Waals surface area (Å²) in [5, 5.41) is 11.5. The Balaban J connectivity index is 1.93. The summed E-state index contributed by atoms with van der Waals surface area (Å²) in [5.74, 6) is -0.305. The van der Waals surface area contributed by atoms with Crippen molar-refractivity contribution in [3.05, 3.63) is 74.1 Å². The summed E-state index contributed by atoms with van der Waals surface area (Å²) < 4.78 is 0.334. The number of nitro groups is 1. The molecule has 8 heteroatoms. The van der Waals surface area contributed by atoms with Crippen LogP contribution < -0.4 is 4.90 Å². The number of halogens is 1. The van der Waals surface area contributed by atoms with Gasteiger partial charge in [-0.05, 0) is 29.8 Å². The predicted molar refractivity (Wildman–Crippen MR) is 100 cm³/mol. The van der Waals surface area contributed by atoms with E-state index < -0.39 is 4.92 Å². The number of benzene rings is 2. The van der Waals surface area contributed by atoms with E-state index in [9.17, 15) is 14.9 Å². The van der Waals surface area contributed by atoms with Crippen LogP contribution in [0.1, 0.15) is 5.56 Å². The summed E-state index contributed by atoms with van der Waals surface area (Å²) in [7, 11) is 0. The second-order valence-corrected chi connectivity index (χ2v) is 6.96. The van der Waals surface area contributed by atoms with Gasteiger partial charge in [-0.25, -0.2) is 0 Å². The standard InChI is InChI=1S/C16H9ClN2O3S2/c17-11-6-4-10(5-7-11)8-14-15(20)18(16(23)24-14)12-2-1-3-13(9-12)19(21)22/h1-9H/b14-8-. The first-order valence-corrected chi connectivity index (χ1v) is 8.34. The van der Waals surface area contributed by atoms with Gasteiger partial charge in [0.1, 0.15) is 0 Å². The molecule has 0 atom stereocenters. The van der Waals surface area contributed by atoms with Crippen LogP contribution in [-0.4, -0.2) is 15.2 Å². The van der Waals surface area contributed by atoms with Crippen LogP contribution in [0.3, 0.4) is 0 Å². The quantitative estimate of drug-likeness (QED) is 0.337.